The molecule has 0 saturated carbocycles. The molecule has 1 heterocycles. The number of anilines is 1. The Labute approximate surface area is 134 Å². The summed E-state index contributed by atoms with van der Waals surface area (Å²) in [6.07, 6.45) is 0.325. The SMILES string of the molecule is Cc1cccc(NC(=O)C(=O)N[C@@H](CCO)c2ccccc2)n1. The van der Waals surface area contributed by atoms with E-state index in [4.69, 9.17) is 5.11 Å². The van der Waals surface area contributed by atoms with Crippen LogP contribution in [0.4, 0.5) is 5.82 Å². The Hall–Kier alpha value is -2.73. The molecule has 6 heteroatoms. The molecule has 0 unspecified atom stereocenters. The lowest BCUT2D eigenvalue weighted by molar-refractivity contribution is -0.136. The molecule has 1 aromatic carbocycles. The second kappa shape index (κ2) is 8.05. The maximum Gasteiger partial charge on any atom is 0.314 e. The molecule has 120 valence electrons. The molecule has 0 aliphatic rings. The van der Waals surface area contributed by atoms with Crippen molar-refractivity contribution in [3.63, 3.8) is 0 Å². The van der Waals surface area contributed by atoms with Crippen molar-refractivity contribution >= 4 is 17.6 Å². The van der Waals surface area contributed by atoms with Gasteiger partial charge in [0.2, 0.25) is 0 Å². The van der Waals surface area contributed by atoms with Gasteiger partial charge in [-0.3, -0.25) is 9.59 Å². The van der Waals surface area contributed by atoms with Crippen LogP contribution in [-0.2, 0) is 9.59 Å². The van der Waals surface area contributed by atoms with Gasteiger partial charge in [0, 0.05) is 12.3 Å². The van der Waals surface area contributed by atoms with E-state index in [0.29, 0.717) is 12.2 Å². The normalized spacial score (nSPS) is 11.6. The van der Waals surface area contributed by atoms with Crippen molar-refractivity contribution in [1.82, 2.24) is 10.3 Å². The number of nitrogens with one attached hydrogen (secondary N) is 2. The largest absolute Gasteiger partial charge is 0.396 e. The lowest BCUT2D eigenvalue weighted by Crippen LogP contribution is -2.38. The molecular formula is C17H19N3O3. The Morgan fingerprint density at radius 1 is 1.09 bits per heavy atom. The van der Waals surface area contributed by atoms with E-state index in [1.54, 1.807) is 25.1 Å². The number of benzene rings is 1. The number of nitrogens with zero attached hydrogens (tertiary/aromatic N) is 1. The van der Waals surface area contributed by atoms with Crippen LogP contribution in [0.1, 0.15) is 23.7 Å². The number of aliphatic hydroxyl groups excluding tert-OH is 1. The molecule has 0 fully saturated rings. The number of aryl methyl sites for hydroxylation is 1. The Kier molecular flexibility index (Phi) is 5.82. The van der Waals surface area contributed by atoms with Crippen molar-refractivity contribution in [3.8, 4) is 0 Å². The van der Waals surface area contributed by atoms with E-state index in [2.05, 4.69) is 15.6 Å². The fourth-order valence-corrected chi connectivity index (χ4v) is 2.15. The van der Waals surface area contributed by atoms with Gasteiger partial charge in [-0.05, 0) is 31.0 Å². The van der Waals surface area contributed by atoms with Crippen molar-refractivity contribution in [2.75, 3.05) is 11.9 Å². The zero-order valence-electron chi connectivity index (χ0n) is 12.8. The zero-order valence-corrected chi connectivity index (χ0v) is 12.8. The summed E-state index contributed by atoms with van der Waals surface area (Å²) in [5.41, 5.74) is 1.57. The smallest absolute Gasteiger partial charge is 0.314 e. The molecular weight excluding hydrogens is 294 g/mol. The summed E-state index contributed by atoms with van der Waals surface area (Å²) >= 11 is 0. The maximum atomic E-state index is 12.1. The minimum atomic E-state index is -0.790. The maximum absolute atomic E-state index is 12.1. The van der Waals surface area contributed by atoms with Gasteiger partial charge in [-0.25, -0.2) is 4.98 Å². The molecule has 0 saturated heterocycles. The monoisotopic (exact) mass is 313 g/mol. The van der Waals surface area contributed by atoms with Crippen LogP contribution in [-0.4, -0.2) is 28.5 Å². The predicted molar refractivity (Wildman–Crippen MR) is 86.6 cm³/mol. The zero-order chi connectivity index (χ0) is 16.7. The van der Waals surface area contributed by atoms with E-state index in [1.165, 1.54) is 0 Å². The van der Waals surface area contributed by atoms with E-state index in [0.717, 1.165) is 11.3 Å². The first kappa shape index (κ1) is 16.6. The fourth-order valence-electron chi connectivity index (χ4n) is 2.15. The number of aliphatic hydroxyl groups is 1. The molecule has 0 aliphatic heterocycles. The molecule has 6 nitrogen and oxygen atoms in total. The van der Waals surface area contributed by atoms with Crippen LogP contribution in [0.25, 0.3) is 0 Å². The van der Waals surface area contributed by atoms with E-state index in [-0.39, 0.29) is 6.61 Å². The second-order valence-electron chi connectivity index (χ2n) is 5.07. The van der Waals surface area contributed by atoms with Gasteiger partial charge < -0.3 is 15.7 Å². The topological polar surface area (TPSA) is 91.3 Å². The first-order chi connectivity index (χ1) is 11.1. The van der Waals surface area contributed by atoms with E-state index >= 15 is 0 Å². The molecule has 0 aliphatic carbocycles. The average molecular weight is 313 g/mol. The third-order valence-corrected chi connectivity index (χ3v) is 3.26. The molecule has 2 aromatic rings. The molecule has 1 atom stereocenters. The molecule has 0 radical (unpaired) electrons. The third kappa shape index (κ3) is 4.89. The molecule has 0 spiro atoms. The minimum Gasteiger partial charge on any atom is -0.396 e. The van der Waals surface area contributed by atoms with Gasteiger partial charge in [-0.15, -0.1) is 0 Å². The quantitative estimate of drug-likeness (QED) is 0.731. The van der Waals surface area contributed by atoms with E-state index in [9.17, 15) is 9.59 Å². The Morgan fingerprint density at radius 2 is 1.83 bits per heavy atom. The Bertz CT molecular complexity index is 674. The Morgan fingerprint density at radius 3 is 2.48 bits per heavy atom. The molecule has 2 amide bonds. The highest BCUT2D eigenvalue weighted by Gasteiger charge is 2.20. The standard InChI is InChI=1S/C17H19N3O3/c1-12-6-5-9-15(18-12)20-17(23)16(22)19-14(10-11-21)13-7-3-2-4-8-13/h2-9,14,21H,10-11H2,1H3,(H,19,22)(H,18,20,23)/t14-/m0/s1. The number of rotatable bonds is 5. The molecule has 1 aromatic heterocycles. The van der Waals surface area contributed by atoms with Crippen LogP contribution in [0.2, 0.25) is 0 Å². The summed E-state index contributed by atoms with van der Waals surface area (Å²) in [5, 5.41) is 14.2. The summed E-state index contributed by atoms with van der Waals surface area (Å²) < 4.78 is 0. The minimum absolute atomic E-state index is 0.0963. The van der Waals surface area contributed by atoms with Gasteiger partial charge in [-0.1, -0.05) is 36.4 Å². The van der Waals surface area contributed by atoms with Crippen molar-refractivity contribution in [2.24, 2.45) is 0 Å². The second-order valence-corrected chi connectivity index (χ2v) is 5.07. The van der Waals surface area contributed by atoms with E-state index < -0.39 is 17.9 Å². The third-order valence-electron chi connectivity index (χ3n) is 3.26. The number of carbonyl (C=O) groups is 2. The van der Waals surface area contributed by atoms with Crippen molar-refractivity contribution in [2.45, 2.75) is 19.4 Å². The lowest BCUT2D eigenvalue weighted by atomic mass is 10.0. The van der Waals surface area contributed by atoms with Gasteiger partial charge in [0.15, 0.2) is 0 Å². The van der Waals surface area contributed by atoms with Gasteiger partial charge >= 0.3 is 11.8 Å². The average Bonchev–Trinajstić information content (AvgIpc) is 2.55. The molecule has 23 heavy (non-hydrogen) atoms. The summed E-state index contributed by atoms with van der Waals surface area (Å²) in [4.78, 5) is 28.1. The van der Waals surface area contributed by atoms with Gasteiger partial charge in [0.1, 0.15) is 5.82 Å². The van der Waals surface area contributed by atoms with Crippen molar-refractivity contribution in [3.05, 3.63) is 59.8 Å². The highest BCUT2D eigenvalue weighted by molar-refractivity contribution is 6.39. The number of hydrogen-bond donors (Lipinski definition) is 3. The van der Waals surface area contributed by atoms with Crippen LogP contribution < -0.4 is 10.6 Å². The molecule has 3 N–H and O–H groups in total. The molecule has 0 bridgehead atoms. The van der Waals surface area contributed by atoms with Crippen LogP contribution in [0.5, 0.6) is 0 Å². The summed E-state index contributed by atoms with van der Waals surface area (Å²) in [6, 6.07) is 13.9. The van der Waals surface area contributed by atoms with Crippen LogP contribution >= 0.6 is 0 Å². The van der Waals surface area contributed by atoms with Gasteiger partial charge in [-0.2, -0.15) is 0 Å². The first-order valence-electron chi connectivity index (χ1n) is 7.31. The van der Waals surface area contributed by atoms with Gasteiger partial charge in [0.05, 0.1) is 6.04 Å². The van der Waals surface area contributed by atoms with Crippen LogP contribution in [0, 0.1) is 6.92 Å². The molecule has 2 rings (SSSR count). The fraction of sp³-hybridized carbons (Fsp3) is 0.235. The van der Waals surface area contributed by atoms with Crippen molar-refractivity contribution < 1.29 is 14.7 Å². The number of aromatic nitrogens is 1. The first-order valence-corrected chi connectivity index (χ1v) is 7.31. The number of hydrogen-bond acceptors (Lipinski definition) is 4. The van der Waals surface area contributed by atoms with E-state index in [1.807, 2.05) is 30.3 Å². The highest BCUT2D eigenvalue weighted by atomic mass is 16.3. The summed E-state index contributed by atoms with van der Waals surface area (Å²) in [7, 11) is 0. The summed E-state index contributed by atoms with van der Waals surface area (Å²) in [5.74, 6) is -1.24. The lowest BCUT2D eigenvalue weighted by Gasteiger charge is -2.18. The van der Waals surface area contributed by atoms with Crippen molar-refractivity contribution in [1.29, 1.82) is 0 Å². The number of amides is 2. The van der Waals surface area contributed by atoms with Crippen LogP contribution in [0.3, 0.4) is 0 Å². The summed E-state index contributed by atoms with van der Waals surface area (Å²) in [6.45, 7) is 1.70. The van der Waals surface area contributed by atoms with Gasteiger partial charge in [0.25, 0.3) is 0 Å². The predicted octanol–water partition coefficient (Wildman–Crippen LogP) is 1.57. The van der Waals surface area contributed by atoms with Crippen LogP contribution in [0.15, 0.2) is 48.5 Å². The highest BCUT2D eigenvalue weighted by Crippen LogP contribution is 2.16. The number of carbonyl (C=O) groups excluding carboxylic acids is 2. The number of pyridine rings is 1. The Balaban J connectivity index is 2.02.